The number of ether oxygens (including phenoxy) is 9. The summed E-state index contributed by atoms with van der Waals surface area (Å²) in [5.74, 6) is -4.07. The molecule has 9 atom stereocenters. The average molecular weight is 615 g/mol. The van der Waals surface area contributed by atoms with Crippen molar-refractivity contribution in [2.45, 2.75) is 103 Å². The van der Waals surface area contributed by atoms with Gasteiger partial charge in [-0.05, 0) is 13.8 Å². The Morgan fingerprint density at radius 3 is 2.02 bits per heavy atom. The fourth-order valence-corrected chi connectivity index (χ4v) is 5.16. The molecule has 0 aliphatic carbocycles. The molecule has 0 aromatic carbocycles. The number of esters is 4. The van der Waals surface area contributed by atoms with Crippen molar-refractivity contribution >= 4 is 23.9 Å². The minimum Gasteiger partial charge on any atom is -0.463 e. The Bertz CT molecular complexity index is 1340. The first-order valence-corrected chi connectivity index (χ1v) is 13.4. The fraction of sp³-hybridized carbons (Fsp3) is 0.692. The third-order valence-electron chi connectivity index (χ3n) is 6.62. The number of nitrogens with one attached hydrogen (secondary N) is 1. The number of aromatic nitrogens is 2. The molecule has 17 nitrogen and oxygen atoms in total. The lowest BCUT2D eigenvalue weighted by atomic mass is 9.98. The minimum absolute atomic E-state index is 0.289. The molecule has 0 saturated carbocycles. The zero-order valence-corrected chi connectivity index (χ0v) is 24.3. The van der Waals surface area contributed by atoms with Gasteiger partial charge in [-0.1, -0.05) is 0 Å². The molecule has 238 valence electrons. The summed E-state index contributed by atoms with van der Waals surface area (Å²) in [4.78, 5) is 73.9. The van der Waals surface area contributed by atoms with E-state index in [0.717, 1.165) is 38.3 Å². The standard InChI is InChI=1S/C26H34N2O15/c1-11(29)35-9-15-18(37-12(2)30)20(38-13(3)31)22(39-14(4)32)24(41-15)36-10-16-19-21(43-26(5,6)42-19)23(40-16)28-8-7-17(33)27-25(28)34/h7-8,15-16,18-24H,9-10H2,1-6H3,(H,27,33,34)/t15-,16-,18-,19-,20+,21-,22-,23-,24-/m1/s1. The molecule has 0 radical (unpaired) electrons. The smallest absolute Gasteiger partial charge is 0.330 e. The van der Waals surface area contributed by atoms with Crippen LogP contribution in [0.25, 0.3) is 0 Å². The van der Waals surface area contributed by atoms with Crippen LogP contribution in [0.5, 0.6) is 0 Å². The van der Waals surface area contributed by atoms with Crippen molar-refractivity contribution in [1.82, 2.24) is 9.55 Å². The van der Waals surface area contributed by atoms with Crippen molar-refractivity contribution in [2.75, 3.05) is 13.2 Å². The van der Waals surface area contributed by atoms with Crippen molar-refractivity contribution in [3.05, 3.63) is 33.1 Å². The molecule has 0 unspecified atom stereocenters. The van der Waals surface area contributed by atoms with Gasteiger partial charge in [-0.3, -0.25) is 33.5 Å². The van der Waals surface area contributed by atoms with Crippen LogP contribution < -0.4 is 11.2 Å². The van der Waals surface area contributed by atoms with Gasteiger partial charge in [0.25, 0.3) is 5.56 Å². The van der Waals surface area contributed by atoms with Gasteiger partial charge in [0.1, 0.15) is 31.0 Å². The minimum atomic E-state index is -1.45. The third-order valence-corrected chi connectivity index (χ3v) is 6.62. The van der Waals surface area contributed by atoms with Crippen molar-refractivity contribution in [1.29, 1.82) is 0 Å². The van der Waals surface area contributed by atoms with E-state index in [-0.39, 0.29) is 6.61 Å². The number of aromatic amines is 1. The number of H-pyrrole nitrogens is 1. The number of rotatable bonds is 9. The van der Waals surface area contributed by atoms with E-state index in [1.165, 1.54) is 6.20 Å². The quantitative estimate of drug-likeness (QED) is 0.263. The van der Waals surface area contributed by atoms with Gasteiger partial charge in [0.05, 0.1) is 6.61 Å². The normalized spacial score (nSPS) is 32.8. The topological polar surface area (TPSA) is 206 Å². The van der Waals surface area contributed by atoms with Crippen molar-refractivity contribution < 1.29 is 61.8 Å². The second-order valence-corrected chi connectivity index (χ2v) is 10.5. The SMILES string of the molecule is CC(=O)OC[C@H]1O[C@@H](OC[C@H]2O[C@@H](n3ccc(=O)[nH]c3=O)[C@@H]3OC(C)(C)O[C@@H]32)[C@H](OC(C)=O)[C@@H](OC(C)=O)[C@@H]1OC(C)=O. The molecule has 43 heavy (non-hydrogen) atoms. The largest absolute Gasteiger partial charge is 0.463 e. The zero-order chi connectivity index (χ0) is 31.6. The molecule has 1 aromatic rings. The predicted molar refractivity (Wildman–Crippen MR) is 137 cm³/mol. The highest BCUT2D eigenvalue weighted by Crippen LogP contribution is 2.43. The van der Waals surface area contributed by atoms with Gasteiger partial charge >= 0.3 is 29.6 Å². The summed E-state index contributed by atoms with van der Waals surface area (Å²) in [6.07, 6.45) is -9.04. The lowest BCUT2D eigenvalue weighted by molar-refractivity contribution is -0.313. The van der Waals surface area contributed by atoms with Gasteiger partial charge in [0, 0.05) is 40.0 Å². The maximum absolute atomic E-state index is 12.5. The number of hydrogen-bond acceptors (Lipinski definition) is 15. The number of nitrogens with zero attached hydrogens (tertiary/aromatic N) is 1. The summed E-state index contributed by atoms with van der Waals surface area (Å²) in [6.45, 7) is 7.12. The van der Waals surface area contributed by atoms with Gasteiger partial charge in [0.2, 0.25) is 0 Å². The maximum atomic E-state index is 12.5. The Morgan fingerprint density at radius 2 is 1.42 bits per heavy atom. The molecule has 0 bridgehead atoms. The molecular weight excluding hydrogens is 580 g/mol. The van der Waals surface area contributed by atoms with E-state index in [9.17, 15) is 28.8 Å². The van der Waals surface area contributed by atoms with E-state index in [2.05, 4.69) is 4.98 Å². The first-order chi connectivity index (χ1) is 20.1. The molecule has 17 heteroatoms. The second kappa shape index (κ2) is 12.9. The lowest BCUT2D eigenvalue weighted by Crippen LogP contribution is -2.63. The van der Waals surface area contributed by atoms with E-state index in [0.29, 0.717) is 0 Å². The lowest BCUT2D eigenvalue weighted by Gasteiger charge is -2.44. The van der Waals surface area contributed by atoms with Crippen LogP contribution in [0.3, 0.4) is 0 Å². The van der Waals surface area contributed by atoms with E-state index >= 15 is 0 Å². The summed E-state index contributed by atoms with van der Waals surface area (Å²) in [6, 6.07) is 1.15. The molecule has 4 rings (SSSR count). The van der Waals surface area contributed by atoms with Crippen molar-refractivity contribution in [3.63, 3.8) is 0 Å². The second-order valence-electron chi connectivity index (χ2n) is 10.5. The van der Waals surface area contributed by atoms with E-state index in [4.69, 9.17) is 42.6 Å². The summed E-state index contributed by atoms with van der Waals surface area (Å²) in [5, 5.41) is 0. The number of carbonyl (C=O) groups is 4. The fourth-order valence-electron chi connectivity index (χ4n) is 5.16. The highest BCUT2D eigenvalue weighted by Gasteiger charge is 2.57. The van der Waals surface area contributed by atoms with Gasteiger partial charge in [-0.25, -0.2) is 4.79 Å². The third kappa shape index (κ3) is 7.66. The molecule has 0 spiro atoms. The highest BCUT2D eigenvalue weighted by atomic mass is 16.8. The molecule has 0 amide bonds. The summed E-state index contributed by atoms with van der Waals surface area (Å²) >= 11 is 0. The van der Waals surface area contributed by atoms with Crippen LogP contribution >= 0.6 is 0 Å². The van der Waals surface area contributed by atoms with Gasteiger partial charge in [-0.2, -0.15) is 0 Å². The molecule has 1 aromatic heterocycles. The highest BCUT2D eigenvalue weighted by molar-refractivity contribution is 5.68. The molecule has 4 heterocycles. The summed E-state index contributed by atoms with van der Waals surface area (Å²) in [7, 11) is 0. The number of hydrogen-bond donors (Lipinski definition) is 1. The van der Waals surface area contributed by atoms with Crippen molar-refractivity contribution in [2.24, 2.45) is 0 Å². The Balaban J connectivity index is 1.62. The summed E-state index contributed by atoms with van der Waals surface area (Å²) < 4.78 is 52.5. The van der Waals surface area contributed by atoms with Crippen LogP contribution in [0.2, 0.25) is 0 Å². The Kier molecular flexibility index (Phi) is 9.70. The van der Waals surface area contributed by atoms with Crippen LogP contribution in [0.4, 0.5) is 0 Å². The first kappa shape index (κ1) is 32.3. The molecule has 3 aliphatic heterocycles. The number of carbonyl (C=O) groups excluding carboxylic acids is 4. The van der Waals surface area contributed by atoms with Crippen LogP contribution in [0.15, 0.2) is 21.9 Å². The molecule has 1 N–H and O–H groups in total. The Labute approximate surface area is 244 Å². The van der Waals surface area contributed by atoms with E-state index in [1.807, 2.05) is 0 Å². The van der Waals surface area contributed by atoms with Gasteiger partial charge in [-0.15, -0.1) is 0 Å². The molecule has 3 fully saturated rings. The molecule has 3 aliphatic rings. The summed E-state index contributed by atoms with van der Waals surface area (Å²) in [5.41, 5.74) is -1.33. The zero-order valence-electron chi connectivity index (χ0n) is 24.3. The monoisotopic (exact) mass is 614 g/mol. The van der Waals surface area contributed by atoms with Crippen LogP contribution in [0.1, 0.15) is 47.8 Å². The van der Waals surface area contributed by atoms with Gasteiger partial charge in [0.15, 0.2) is 36.6 Å². The predicted octanol–water partition coefficient (Wildman–Crippen LogP) is -0.946. The van der Waals surface area contributed by atoms with Crippen LogP contribution in [-0.2, 0) is 61.8 Å². The average Bonchev–Trinajstić information content (AvgIpc) is 3.36. The van der Waals surface area contributed by atoms with E-state index in [1.54, 1.807) is 13.8 Å². The van der Waals surface area contributed by atoms with Crippen LogP contribution in [-0.4, -0.2) is 101 Å². The van der Waals surface area contributed by atoms with Crippen molar-refractivity contribution in [3.8, 4) is 0 Å². The molecule has 3 saturated heterocycles. The van der Waals surface area contributed by atoms with E-state index < -0.39 is 103 Å². The Hall–Kier alpha value is -3.64. The maximum Gasteiger partial charge on any atom is 0.330 e. The Morgan fingerprint density at radius 1 is 0.814 bits per heavy atom. The first-order valence-electron chi connectivity index (χ1n) is 13.4. The van der Waals surface area contributed by atoms with Gasteiger partial charge < -0.3 is 42.6 Å². The molecular formula is C26H34N2O15. The van der Waals surface area contributed by atoms with Crippen LogP contribution in [0, 0.1) is 0 Å². The number of fused-ring (bicyclic) bond motifs is 1.